The smallest absolute Gasteiger partial charge is 0.335 e. The first-order valence-corrected chi connectivity index (χ1v) is 9.68. The molecule has 0 amide bonds. The van der Waals surface area contributed by atoms with Gasteiger partial charge in [-0.15, -0.1) is 0 Å². The van der Waals surface area contributed by atoms with E-state index in [2.05, 4.69) is 0 Å². The van der Waals surface area contributed by atoms with E-state index in [4.69, 9.17) is 18.6 Å². The van der Waals surface area contributed by atoms with E-state index in [0.29, 0.717) is 24.0 Å². The third-order valence-corrected chi connectivity index (χ3v) is 6.37. The predicted octanol–water partition coefficient (Wildman–Crippen LogP) is 0.179. The van der Waals surface area contributed by atoms with Gasteiger partial charge in [0.2, 0.25) is 0 Å². The minimum atomic E-state index is -1.52. The predicted molar refractivity (Wildman–Crippen MR) is 96.2 cm³/mol. The van der Waals surface area contributed by atoms with Crippen LogP contribution in [0.15, 0.2) is 34.2 Å². The van der Waals surface area contributed by atoms with Crippen molar-refractivity contribution in [1.29, 1.82) is 0 Å². The second-order valence-electron chi connectivity index (χ2n) is 8.18. The molecule has 0 saturated carbocycles. The zero-order valence-corrected chi connectivity index (χ0v) is 16.2. The summed E-state index contributed by atoms with van der Waals surface area (Å²) in [7, 11) is 0. The molecule has 160 valence electrons. The van der Waals surface area contributed by atoms with Gasteiger partial charge in [0, 0.05) is 16.6 Å². The number of cyclic esters (lactones) is 1. The molecule has 4 rings (SSSR count). The lowest BCUT2D eigenvalue weighted by Gasteiger charge is -2.43. The molecule has 0 unspecified atom stereocenters. The van der Waals surface area contributed by atoms with Gasteiger partial charge in [0.05, 0.1) is 25.2 Å². The molecular weight excluding hydrogens is 384 g/mol. The molecule has 9 nitrogen and oxygen atoms in total. The Kier molecular flexibility index (Phi) is 5.30. The monoisotopic (exact) mass is 410 g/mol. The number of aliphatic hydroxyl groups excluding tert-OH is 4. The fourth-order valence-electron chi connectivity index (χ4n) is 4.71. The fraction of sp³-hybridized carbons (Fsp3) is 0.650. The molecule has 1 aromatic rings. The summed E-state index contributed by atoms with van der Waals surface area (Å²) in [6.07, 6.45) is -3.55. The standard InChI is InChI=1S/C20H26O9/c1-9-11(27-19-16(24)15(23)14(22)12(7-21)28-19)3-5-20(2)13(9)18(25)29-17(20)10-4-6-26-8-10/h4,6,8,11-12,14-17,19,21-24H,3,5,7H2,1-2H3/t11-,12-,14-,15+,16-,17+,19-,20-/m1/s1. The highest BCUT2D eigenvalue weighted by molar-refractivity contribution is 5.94. The lowest BCUT2D eigenvalue weighted by molar-refractivity contribution is -0.309. The molecule has 0 bridgehead atoms. The summed E-state index contributed by atoms with van der Waals surface area (Å²) in [5.41, 5.74) is 1.45. The molecule has 3 heterocycles. The van der Waals surface area contributed by atoms with Crippen LogP contribution in [0.4, 0.5) is 0 Å². The number of fused-ring (bicyclic) bond motifs is 1. The number of hydrogen-bond acceptors (Lipinski definition) is 9. The fourth-order valence-corrected chi connectivity index (χ4v) is 4.71. The van der Waals surface area contributed by atoms with Crippen molar-refractivity contribution in [2.75, 3.05) is 6.61 Å². The van der Waals surface area contributed by atoms with Gasteiger partial charge in [-0.1, -0.05) is 6.92 Å². The third-order valence-electron chi connectivity index (χ3n) is 6.37. The van der Waals surface area contributed by atoms with Crippen LogP contribution >= 0.6 is 0 Å². The highest BCUT2D eigenvalue weighted by Crippen LogP contribution is 2.56. The quantitative estimate of drug-likeness (QED) is 0.512. The van der Waals surface area contributed by atoms with Crippen molar-refractivity contribution >= 4 is 5.97 Å². The van der Waals surface area contributed by atoms with Crippen molar-refractivity contribution in [3.63, 3.8) is 0 Å². The Balaban J connectivity index is 1.58. The minimum absolute atomic E-state index is 0.418. The van der Waals surface area contributed by atoms with Gasteiger partial charge in [-0.05, 0) is 31.4 Å². The molecule has 9 heteroatoms. The summed E-state index contributed by atoms with van der Waals surface area (Å²) >= 11 is 0. The van der Waals surface area contributed by atoms with Gasteiger partial charge in [-0.25, -0.2) is 4.79 Å². The molecule has 8 atom stereocenters. The van der Waals surface area contributed by atoms with Crippen molar-refractivity contribution in [3.05, 3.63) is 35.3 Å². The van der Waals surface area contributed by atoms with Crippen LogP contribution in [0, 0.1) is 5.41 Å². The molecule has 29 heavy (non-hydrogen) atoms. The summed E-state index contributed by atoms with van der Waals surface area (Å²) in [6.45, 7) is 3.21. The first-order valence-electron chi connectivity index (χ1n) is 9.68. The SMILES string of the molecule is CC1=C2C(=O)O[C@@H](c3ccoc3)[C@]2(C)CC[C@H]1O[C@@H]1O[C@H](CO)[C@@H](O)[C@H](O)[C@H]1O. The van der Waals surface area contributed by atoms with Crippen LogP contribution in [-0.2, 0) is 19.0 Å². The molecular formula is C20H26O9. The van der Waals surface area contributed by atoms with E-state index >= 15 is 0 Å². The molecule has 2 fully saturated rings. The summed E-state index contributed by atoms with van der Waals surface area (Å²) in [5, 5.41) is 39.5. The summed E-state index contributed by atoms with van der Waals surface area (Å²) in [4.78, 5) is 12.7. The van der Waals surface area contributed by atoms with Crippen LogP contribution in [0.1, 0.15) is 38.4 Å². The Morgan fingerprint density at radius 1 is 1.24 bits per heavy atom. The molecule has 0 aromatic carbocycles. The molecule has 0 spiro atoms. The van der Waals surface area contributed by atoms with Gasteiger partial charge in [0.25, 0.3) is 0 Å². The van der Waals surface area contributed by atoms with Crippen LogP contribution in [0.5, 0.6) is 0 Å². The van der Waals surface area contributed by atoms with Crippen LogP contribution in [-0.4, -0.2) is 69.8 Å². The number of hydrogen-bond donors (Lipinski definition) is 4. The summed E-state index contributed by atoms with van der Waals surface area (Å²) in [6, 6.07) is 1.78. The first kappa shape index (κ1) is 20.5. The lowest BCUT2D eigenvalue weighted by atomic mass is 9.67. The molecule has 0 radical (unpaired) electrons. The van der Waals surface area contributed by atoms with Gasteiger partial charge in [-0.3, -0.25) is 0 Å². The average molecular weight is 410 g/mol. The molecule has 4 N–H and O–H groups in total. The number of carbonyl (C=O) groups excluding carboxylic acids is 1. The minimum Gasteiger partial charge on any atom is -0.472 e. The van der Waals surface area contributed by atoms with E-state index in [0.717, 1.165) is 5.56 Å². The topological polar surface area (TPSA) is 139 Å². The highest BCUT2D eigenvalue weighted by Gasteiger charge is 2.55. The maximum atomic E-state index is 12.7. The lowest BCUT2D eigenvalue weighted by Crippen LogP contribution is -2.59. The normalized spacial score (nSPS) is 42.7. The average Bonchev–Trinajstić information content (AvgIpc) is 3.31. The van der Waals surface area contributed by atoms with E-state index in [-0.39, 0.29) is 0 Å². The number of ether oxygens (including phenoxy) is 3. The van der Waals surface area contributed by atoms with Crippen LogP contribution < -0.4 is 0 Å². The second kappa shape index (κ2) is 7.50. The van der Waals surface area contributed by atoms with Crippen LogP contribution in [0.25, 0.3) is 0 Å². The van der Waals surface area contributed by atoms with E-state index < -0.39 is 60.9 Å². The van der Waals surface area contributed by atoms with Gasteiger partial charge in [-0.2, -0.15) is 0 Å². The van der Waals surface area contributed by atoms with Crippen LogP contribution in [0.2, 0.25) is 0 Å². The molecule has 1 aromatic heterocycles. The van der Waals surface area contributed by atoms with Crippen molar-refractivity contribution < 1.29 is 43.8 Å². The van der Waals surface area contributed by atoms with E-state index in [9.17, 15) is 25.2 Å². The Bertz CT molecular complexity index is 786. The Labute approximate surface area is 167 Å². The largest absolute Gasteiger partial charge is 0.472 e. The maximum Gasteiger partial charge on any atom is 0.335 e. The summed E-state index contributed by atoms with van der Waals surface area (Å²) < 4.78 is 22.1. The summed E-state index contributed by atoms with van der Waals surface area (Å²) in [5.74, 6) is -0.418. The zero-order valence-electron chi connectivity index (χ0n) is 16.2. The van der Waals surface area contributed by atoms with Gasteiger partial charge in [0.15, 0.2) is 6.29 Å². The van der Waals surface area contributed by atoms with E-state index in [1.165, 1.54) is 6.26 Å². The Hall–Kier alpha value is -1.75. The van der Waals surface area contributed by atoms with Gasteiger partial charge < -0.3 is 39.1 Å². The molecule has 3 aliphatic rings. The van der Waals surface area contributed by atoms with Crippen molar-refractivity contribution in [1.82, 2.24) is 0 Å². The molecule has 2 saturated heterocycles. The van der Waals surface area contributed by atoms with Gasteiger partial charge >= 0.3 is 5.97 Å². The van der Waals surface area contributed by atoms with E-state index in [1.807, 2.05) is 6.92 Å². The second-order valence-corrected chi connectivity index (χ2v) is 8.18. The molecule has 1 aliphatic carbocycles. The van der Waals surface area contributed by atoms with Crippen molar-refractivity contribution in [3.8, 4) is 0 Å². The number of esters is 1. The van der Waals surface area contributed by atoms with Gasteiger partial charge in [0.1, 0.15) is 30.5 Å². The first-order chi connectivity index (χ1) is 13.8. The van der Waals surface area contributed by atoms with Crippen LogP contribution in [0.3, 0.4) is 0 Å². The number of carbonyl (C=O) groups is 1. The maximum absolute atomic E-state index is 12.7. The number of furan rings is 1. The third kappa shape index (κ3) is 3.22. The Morgan fingerprint density at radius 3 is 2.66 bits per heavy atom. The zero-order chi connectivity index (χ0) is 20.9. The highest BCUT2D eigenvalue weighted by atomic mass is 16.7. The number of rotatable bonds is 4. The number of aliphatic hydroxyl groups is 4. The Morgan fingerprint density at radius 2 is 2.00 bits per heavy atom. The van der Waals surface area contributed by atoms with E-state index in [1.54, 1.807) is 19.3 Å². The van der Waals surface area contributed by atoms with Crippen molar-refractivity contribution in [2.24, 2.45) is 5.41 Å². The van der Waals surface area contributed by atoms with Crippen molar-refractivity contribution in [2.45, 2.75) is 69.6 Å². The molecule has 2 aliphatic heterocycles.